The first-order chi connectivity index (χ1) is 9.65. The summed E-state index contributed by atoms with van der Waals surface area (Å²) in [6, 6.07) is 6.26. The Morgan fingerprint density at radius 3 is 2.85 bits per heavy atom. The molecule has 5 nitrogen and oxygen atoms in total. The molecule has 0 aliphatic heterocycles. The lowest BCUT2D eigenvalue weighted by molar-refractivity contribution is 0.409. The maximum absolute atomic E-state index is 5.69. The van der Waals surface area contributed by atoms with E-state index in [1.165, 1.54) is 0 Å². The lowest BCUT2D eigenvalue weighted by atomic mass is 10.0. The van der Waals surface area contributed by atoms with Crippen LogP contribution in [0.15, 0.2) is 30.6 Å². The maximum atomic E-state index is 5.69. The SMILES string of the molecule is COc1cc(C(CCc2nccn2C)NN)ccc1C. The zero-order valence-electron chi connectivity index (χ0n) is 12.3. The van der Waals surface area contributed by atoms with Gasteiger partial charge in [0.1, 0.15) is 11.6 Å². The normalized spacial score (nSPS) is 12.4. The summed E-state index contributed by atoms with van der Waals surface area (Å²) in [7, 11) is 3.69. The quantitative estimate of drug-likeness (QED) is 0.623. The minimum atomic E-state index is 0.0844. The number of aryl methyl sites for hydroxylation is 3. The highest BCUT2D eigenvalue weighted by molar-refractivity contribution is 5.37. The van der Waals surface area contributed by atoms with Crippen molar-refractivity contribution < 1.29 is 4.74 Å². The van der Waals surface area contributed by atoms with E-state index in [-0.39, 0.29) is 6.04 Å². The smallest absolute Gasteiger partial charge is 0.122 e. The van der Waals surface area contributed by atoms with Gasteiger partial charge in [-0.15, -0.1) is 0 Å². The number of hydrogen-bond acceptors (Lipinski definition) is 4. The van der Waals surface area contributed by atoms with Gasteiger partial charge in [0, 0.05) is 31.9 Å². The monoisotopic (exact) mass is 274 g/mol. The van der Waals surface area contributed by atoms with Crippen LogP contribution in [0.4, 0.5) is 0 Å². The molecule has 2 aromatic rings. The minimum Gasteiger partial charge on any atom is -0.496 e. The Morgan fingerprint density at radius 2 is 2.25 bits per heavy atom. The molecule has 20 heavy (non-hydrogen) atoms. The van der Waals surface area contributed by atoms with Crippen LogP contribution in [-0.4, -0.2) is 16.7 Å². The first-order valence-electron chi connectivity index (χ1n) is 6.72. The van der Waals surface area contributed by atoms with Crippen LogP contribution in [0, 0.1) is 6.92 Å². The average molecular weight is 274 g/mol. The van der Waals surface area contributed by atoms with Crippen molar-refractivity contribution in [3.05, 3.63) is 47.5 Å². The molecule has 1 aromatic carbocycles. The third-order valence-electron chi connectivity index (χ3n) is 3.61. The van der Waals surface area contributed by atoms with Crippen LogP contribution in [0.2, 0.25) is 0 Å². The second-order valence-electron chi connectivity index (χ2n) is 4.94. The van der Waals surface area contributed by atoms with E-state index >= 15 is 0 Å². The molecule has 5 heteroatoms. The van der Waals surface area contributed by atoms with E-state index in [0.717, 1.165) is 35.5 Å². The molecule has 0 fully saturated rings. The highest BCUT2D eigenvalue weighted by Crippen LogP contribution is 2.25. The van der Waals surface area contributed by atoms with Crippen molar-refractivity contribution in [1.29, 1.82) is 0 Å². The van der Waals surface area contributed by atoms with E-state index in [9.17, 15) is 0 Å². The second-order valence-corrected chi connectivity index (χ2v) is 4.94. The Bertz CT molecular complexity index is 565. The summed E-state index contributed by atoms with van der Waals surface area (Å²) in [5.41, 5.74) is 5.13. The van der Waals surface area contributed by atoms with Crippen molar-refractivity contribution in [3.63, 3.8) is 0 Å². The van der Waals surface area contributed by atoms with Crippen molar-refractivity contribution >= 4 is 0 Å². The number of nitrogens with zero attached hydrogens (tertiary/aromatic N) is 2. The summed E-state index contributed by atoms with van der Waals surface area (Å²) >= 11 is 0. The summed E-state index contributed by atoms with van der Waals surface area (Å²) in [5.74, 6) is 7.64. The van der Waals surface area contributed by atoms with Crippen molar-refractivity contribution in [3.8, 4) is 5.75 Å². The maximum Gasteiger partial charge on any atom is 0.122 e. The molecule has 1 atom stereocenters. The number of hydrazine groups is 1. The number of aromatic nitrogens is 2. The van der Waals surface area contributed by atoms with Gasteiger partial charge in [-0.1, -0.05) is 12.1 Å². The van der Waals surface area contributed by atoms with E-state index in [2.05, 4.69) is 22.5 Å². The second kappa shape index (κ2) is 6.54. The zero-order valence-corrected chi connectivity index (χ0v) is 12.3. The molecule has 0 radical (unpaired) electrons. The fourth-order valence-electron chi connectivity index (χ4n) is 2.31. The number of hydrogen-bond donors (Lipinski definition) is 2. The Kier molecular flexibility index (Phi) is 4.76. The molecular weight excluding hydrogens is 252 g/mol. The number of rotatable bonds is 6. The summed E-state index contributed by atoms with van der Waals surface area (Å²) in [5, 5.41) is 0. The standard InChI is InChI=1S/C15H22N4O/c1-11-4-5-12(10-14(11)20-3)13(18-16)6-7-15-17-8-9-19(15)2/h4-5,8-10,13,18H,6-7,16H2,1-3H3. The number of nitrogens with two attached hydrogens (primary N) is 1. The first-order valence-corrected chi connectivity index (χ1v) is 6.72. The van der Waals surface area contributed by atoms with Crippen LogP contribution < -0.4 is 16.0 Å². The van der Waals surface area contributed by atoms with E-state index in [1.807, 2.05) is 37.0 Å². The lowest BCUT2D eigenvalue weighted by Crippen LogP contribution is -2.28. The lowest BCUT2D eigenvalue weighted by Gasteiger charge is -2.17. The van der Waals surface area contributed by atoms with E-state index in [0.29, 0.717) is 0 Å². The molecule has 108 valence electrons. The van der Waals surface area contributed by atoms with E-state index < -0.39 is 0 Å². The van der Waals surface area contributed by atoms with E-state index in [4.69, 9.17) is 10.6 Å². The molecule has 1 aromatic heterocycles. The number of imidazole rings is 1. The Labute approximate surface area is 119 Å². The van der Waals surface area contributed by atoms with Gasteiger partial charge < -0.3 is 9.30 Å². The number of benzene rings is 1. The molecular formula is C15H22N4O. The third-order valence-corrected chi connectivity index (χ3v) is 3.61. The Hall–Kier alpha value is -1.85. The molecule has 0 bridgehead atoms. The Morgan fingerprint density at radius 1 is 1.45 bits per heavy atom. The summed E-state index contributed by atoms with van der Waals surface area (Å²) in [4.78, 5) is 4.33. The molecule has 0 aliphatic rings. The number of ether oxygens (including phenoxy) is 1. The highest BCUT2D eigenvalue weighted by Gasteiger charge is 2.13. The van der Waals surface area contributed by atoms with Crippen molar-refractivity contribution in [2.24, 2.45) is 12.9 Å². The van der Waals surface area contributed by atoms with Gasteiger partial charge in [0.05, 0.1) is 7.11 Å². The van der Waals surface area contributed by atoms with Crippen LogP contribution in [-0.2, 0) is 13.5 Å². The summed E-state index contributed by atoms with van der Waals surface area (Å²) < 4.78 is 7.40. The topological polar surface area (TPSA) is 65.1 Å². The van der Waals surface area contributed by atoms with Gasteiger partial charge >= 0.3 is 0 Å². The van der Waals surface area contributed by atoms with Gasteiger partial charge in [-0.25, -0.2) is 4.98 Å². The largest absolute Gasteiger partial charge is 0.496 e. The van der Waals surface area contributed by atoms with Crippen molar-refractivity contribution in [1.82, 2.24) is 15.0 Å². The van der Waals surface area contributed by atoms with Crippen LogP contribution in [0.3, 0.4) is 0 Å². The molecule has 0 amide bonds. The Balaban J connectivity index is 2.10. The molecule has 0 saturated heterocycles. The fraction of sp³-hybridized carbons (Fsp3) is 0.400. The van der Waals surface area contributed by atoms with Crippen LogP contribution in [0.5, 0.6) is 5.75 Å². The van der Waals surface area contributed by atoms with E-state index in [1.54, 1.807) is 7.11 Å². The summed E-state index contributed by atoms with van der Waals surface area (Å²) in [6.07, 6.45) is 5.52. The zero-order chi connectivity index (χ0) is 14.5. The highest BCUT2D eigenvalue weighted by atomic mass is 16.5. The van der Waals surface area contributed by atoms with Crippen LogP contribution in [0.1, 0.15) is 29.4 Å². The molecule has 2 rings (SSSR count). The molecule has 0 saturated carbocycles. The van der Waals surface area contributed by atoms with Gasteiger partial charge in [-0.05, 0) is 30.5 Å². The van der Waals surface area contributed by atoms with Gasteiger partial charge in [-0.3, -0.25) is 11.3 Å². The fourth-order valence-corrected chi connectivity index (χ4v) is 2.31. The molecule has 1 heterocycles. The average Bonchev–Trinajstić information content (AvgIpc) is 2.86. The first kappa shape index (κ1) is 14.6. The van der Waals surface area contributed by atoms with Gasteiger partial charge in [0.25, 0.3) is 0 Å². The van der Waals surface area contributed by atoms with Gasteiger partial charge in [0.2, 0.25) is 0 Å². The van der Waals surface area contributed by atoms with Crippen LogP contribution in [0.25, 0.3) is 0 Å². The minimum absolute atomic E-state index is 0.0844. The van der Waals surface area contributed by atoms with Gasteiger partial charge in [-0.2, -0.15) is 0 Å². The number of nitrogens with one attached hydrogen (secondary N) is 1. The predicted molar refractivity (Wildman–Crippen MR) is 79.3 cm³/mol. The molecule has 0 spiro atoms. The summed E-state index contributed by atoms with van der Waals surface area (Å²) in [6.45, 7) is 2.03. The van der Waals surface area contributed by atoms with Crippen molar-refractivity contribution in [2.75, 3.05) is 7.11 Å². The van der Waals surface area contributed by atoms with Crippen molar-refractivity contribution in [2.45, 2.75) is 25.8 Å². The molecule has 3 N–H and O–H groups in total. The number of methoxy groups -OCH3 is 1. The van der Waals surface area contributed by atoms with Crippen LogP contribution >= 0.6 is 0 Å². The predicted octanol–water partition coefficient (Wildman–Crippen LogP) is 1.87. The van der Waals surface area contributed by atoms with Gasteiger partial charge in [0.15, 0.2) is 0 Å². The molecule has 1 unspecified atom stereocenters. The molecule has 0 aliphatic carbocycles. The third kappa shape index (κ3) is 3.18.